The van der Waals surface area contributed by atoms with Gasteiger partial charge < -0.3 is 16.4 Å². The number of sulfone groups is 1. The highest BCUT2D eigenvalue weighted by Crippen LogP contribution is 2.45. The fourth-order valence-electron chi connectivity index (χ4n) is 6.57. The maximum absolute atomic E-state index is 13.4. The Morgan fingerprint density at radius 2 is 1.65 bits per heavy atom. The van der Waals surface area contributed by atoms with Crippen molar-refractivity contribution in [3.8, 4) is 22.4 Å². The lowest BCUT2D eigenvalue weighted by Crippen LogP contribution is -2.46. The summed E-state index contributed by atoms with van der Waals surface area (Å²) < 4.78 is 27.6. The number of amides is 1. The first-order chi connectivity index (χ1) is 20.7. The average molecular weight is 596 g/mol. The number of anilines is 2. The standard InChI is InChI=1S/C30H29N9O3S/c1-43(41,42)26-25(19-13-20-8-9-21(14-19)38(20)29(40)24-11-12-33-30(32)36-24)37-28-22(16-35-39(28)27(26)31)18-7-10-23(34-15-18)17-5-3-2-4-6-17/h2-7,10-12,15-16,19-21H,8-9,13-14,31H2,1H3,(H2,32,33,36)/t19-,20+,21-. The zero-order valence-electron chi connectivity index (χ0n) is 23.3. The third-order valence-corrected chi connectivity index (χ3v) is 9.59. The zero-order valence-corrected chi connectivity index (χ0v) is 24.1. The highest BCUT2D eigenvalue weighted by molar-refractivity contribution is 7.91. The molecular weight excluding hydrogens is 566 g/mol. The maximum Gasteiger partial charge on any atom is 0.273 e. The van der Waals surface area contributed by atoms with Gasteiger partial charge in [0, 0.05) is 53.3 Å². The fraction of sp³-hybridized carbons (Fsp3) is 0.267. The summed E-state index contributed by atoms with van der Waals surface area (Å²) in [5, 5.41) is 4.42. The van der Waals surface area contributed by atoms with Gasteiger partial charge in [-0.05, 0) is 37.8 Å². The van der Waals surface area contributed by atoms with Gasteiger partial charge in [-0.2, -0.15) is 9.61 Å². The first kappa shape index (κ1) is 27.0. The number of nitrogens with two attached hydrogens (primary N) is 2. The molecule has 13 heteroatoms. The monoisotopic (exact) mass is 595 g/mol. The number of benzene rings is 1. The van der Waals surface area contributed by atoms with Crippen LogP contribution >= 0.6 is 0 Å². The normalized spacial score (nSPS) is 20.0. The Bertz CT molecular complexity index is 1960. The molecule has 12 nitrogen and oxygen atoms in total. The van der Waals surface area contributed by atoms with Crippen LogP contribution < -0.4 is 11.5 Å². The van der Waals surface area contributed by atoms with E-state index in [1.54, 1.807) is 18.5 Å². The van der Waals surface area contributed by atoms with Crippen molar-refractivity contribution in [3.63, 3.8) is 0 Å². The molecule has 0 unspecified atom stereocenters. The number of pyridine rings is 1. The summed E-state index contributed by atoms with van der Waals surface area (Å²) >= 11 is 0. The number of rotatable bonds is 5. The second-order valence-electron chi connectivity index (χ2n) is 11.1. The van der Waals surface area contributed by atoms with Gasteiger partial charge in [-0.15, -0.1) is 0 Å². The molecule has 218 valence electrons. The molecule has 1 aromatic carbocycles. The maximum atomic E-state index is 13.4. The lowest BCUT2D eigenvalue weighted by molar-refractivity contribution is 0.0562. The van der Waals surface area contributed by atoms with E-state index in [-0.39, 0.29) is 46.3 Å². The summed E-state index contributed by atoms with van der Waals surface area (Å²) in [7, 11) is -3.76. The number of carbonyl (C=O) groups excluding carboxylic acids is 1. The van der Waals surface area contributed by atoms with Crippen molar-refractivity contribution in [3.05, 3.63) is 78.5 Å². The molecule has 2 bridgehead atoms. The molecule has 5 aromatic rings. The van der Waals surface area contributed by atoms with Gasteiger partial charge in [0.15, 0.2) is 15.5 Å². The Labute approximate surface area is 247 Å². The van der Waals surface area contributed by atoms with Gasteiger partial charge in [-0.3, -0.25) is 9.78 Å². The minimum Gasteiger partial charge on any atom is -0.382 e. The number of nitrogen functional groups attached to an aromatic ring is 2. The Hall–Kier alpha value is -4.91. The van der Waals surface area contributed by atoms with Crippen LogP contribution in [0.5, 0.6) is 0 Å². The predicted molar refractivity (Wildman–Crippen MR) is 161 cm³/mol. The molecule has 4 N–H and O–H groups in total. The minimum atomic E-state index is -3.76. The van der Waals surface area contributed by atoms with Crippen molar-refractivity contribution in [2.45, 2.75) is 48.6 Å². The first-order valence-electron chi connectivity index (χ1n) is 14.0. The Balaban J connectivity index is 1.27. The molecule has 2 aliphatic heterocycles. The van der Waals surface area contributed by atoms with E-state index in [0.29, 0.717) is 29.7 Å². The summed E-state index contributed by atoms with van der Waals surface area (Å²) in [5.41, 5.74) is 16.7. The second-order valence-corrected chi connectivity index (χ2v) is 13.1. The van der Waals surface area contributed by atoms with Crippen LogP contribution in [0.1, 0.15) is 47.8 Å². The van der Waals surface area contributed by atoms with E-state index in [9.17, 15) is 13.2 Å². The van der Waals surface area contributed by atoms with E-state index in [2.05, 4.69) is 20.1 Å². The second kappa shape index (κ2) is 10.1. The lowest BCUT2D eigenvalue weighted by Gasteiger charge is -2.39. The van der Waals surface area contributed by atoms with Crippen molar-refractivity contribution in [2.75, 3.05) is 17.7 Å². The van der Waals surface area contributed by atoms with Gasteiger partial charge in [-0.1, -0.05) is 36.4 Å². The topological polar surface area (TPSA) is 175 Å². The van der Waals surface area contributed by atoms with Gasteiger partial charge >= 0.3 is 0 Å². The van der Waals surface area contributed by atoms with Crippen molar-refractivity contribution < 1.29 is 13.2 Å². The quantitative estimate of drug-likeness (QED) is 0.306. The van der Waals surface area contributed by atoms with Crippen LogP contribution in [-0.4, -0.2) is 67.1 Å². The molecule has 2 fully saturated rings. The number of hydrogen-bond donors (Lipinski definition) is 2. The van der Waals surface area contributed by atoms with Crippen LogP contribution in [0.15, 0.2) is 72.0 Å². The van der Waals surface area contributed by atoms with E-state index in [1.165, 1.54) is 10.7 Å². The third-order valence-electron chi connectivity index (χ3n) is 8.43. The van der Waals surface area contributed by atoms with Gasteiger partial charge in [0.25, 0.3) is 5.91 Å². The lowest BCUT2D eigenvalue weighted by atomic mass is 9.87. The van der Waals surface area contributed by atoms with Crippen molar-refractivity contribution in [2.24, 2.45) is 0 Å². The van der Waals surface area contributed by atoms with Crippen LogP contribution in [-0.2, 0) is 9.84 Å². The molecule has 2 saturated heterocycles. The highest BCUT2D eigenvalue weighted by Gasteiger charge is 2.46. The van der Waals surface area contributed by atoms with Crippen LogP contribution in [0.3, 0.4) is 0 Å². The molecule has 0 radical (unpaired) electrons. The van der Waals surface area contributed by atoms with E-state index < -0.39 is 9.84 Å². The van der Waals surface area contributed by atoms with E-state index in [1.807, 2.05) is 47.4 Å². The molecule has 0 saturated carbocycles. The minimum absolute atomic E-state index is 0.0139. The van der Waals surface area contributed by atoms with Gasteiger partial charge in [0.05, 0.1) is 17.6 Å². The molecule has 2 aliphatic rings. The SMILES string of the molecule is CS(=O)(=O)c1c([C@H]2C[C@H]3CC[C@@H](C2)N3C(=O)c2ccnc(N)n2)nc2c(-c3ccc(-c4ccccc4)nc3)cnn2c1N. The van der Waals surface area contributed by atoms with E-state index >= 15 is 0 Å². The molecule has 6 heterocycles. The summed E-state index contributed by atoms with van der Waals surface area (Å²) in [6.07, 6.45) is 8.69. The number of carbonyl (C=O) groups is 1. The number of nitrogens with zero attached hydrogens (tertiary/aromatic N) is 7. The molecule has 0 aliphatic carbocycles. The Kier molecular flexibility index (Phi) is 6.34. The Morgan fingerprint density at radius 3 is 2.30 bits per heavy atom. The van der Waals surface area contributed by atoms with Gasteiger partial charge in [0.2, 0.25) is 5.95 Å². The molecule has 43 heavy (non-hydrogen) atoms. The molecule has 3 atom stereocenters. The third kappa shape index (κ3) is 4.65. The van der Waals surface area contributed by atoms with Gasteiger partial charge in [-0.25, -0.2) is 23.4 Å². The molecule has 1 amide bonds. The largest absolute Gasteiger partial charge is 0.382 e. The smallest absolute Gasteiger partial charge is 0.273 e. The summed E-state index contributed by atoms with van der Waals surface area (Å²) in [6, 6.07) is 15.1. The van der Waals surface area contributed by atoms with Crippen molar-refractivity contribution in [1.29, 1.82) is 0 Å². The van der Waals surface area contributed by atoms with Crippen molar-refractivity contribution in [1.82, 2.24) is 34.4 Å². The first-order valence-corrected chi connectivity index (χ1v) is 15.9. The number of aromatic nitrogens is 6. The summed E-state index contributed by atoms with van der Waals surface area (Å²) in [5.74, 6) is -0.364. The summed E-state index contributed by atoms with van der Waals surface area (Å²) in [6.45, 7) is 0. The van der Waals surface area contributed by atoms with Crippen LogP contribution in [0.2, 0.25) is 0 Å². The fourth-order valence-corrected chi connectivity index (χ4v) is 7.63. The van der Waals surface area contributed by atoms with Crippen molar-refractivity contribution >= 4 is 33.2 Å². The number of fused-ring (bicyclic) bond motifs is 3. The van der Waals surface area contributed by atoms with E-state index in [0.717, 1.165) is 35.9 Å². The van der Waals surface area contributed by atoms with Crippen LogP contribution in [0.4, 0.5) is 11.8 Å². The average Bonchev–Trinajstić information content (AvgIpc) is 3.54. The van der Waals surface area contributed by atoms with Crippen LogP contribution in [0, 0.1) is 0 Å². The van der Waals surface area contributed by atoms with Crippen LogP contribution in [0.25, 0.3) is 28.0 Å². The van der Waals surface area contributed by atoms with Gasteiger partial charge in [0.1, 0.15) is 16.4 Å². The highest BCUT2D eigenvalue weighted by atomic mass is 32.2. The summed E-state index contributed by atoms with van der Waals surface area (Å²) in [4.78, 5) is 32.9. The predicted octanol–water partition coefficient (Wildman–Crippen LogP) is 3.37. The number of piperidine rings is 1. The van der Waals surface area contributed by atoms with E-state index in [4.69, 9.17) is 16.5 Å². The molecular formula is C30H29N9O3S. The Morgan fingerprint density at radius 1 is 0.907 bits per heavy atom. The molecule has 4 aromatic heterocycles. The molecule has 7 rings (SSSR count). The number of hydrogen-bond acceptors (Lipinski definition) is 10. The molecule has 0 spiro atoms. The zero-order chi connectivity index (χ0) is 29.9.